The molecule has 2 atom stereocenters. The molecule has 0 amide bonds. The summed E-state index contributed by atoms with van der Waals surface area (Å²) in [5.41, 5.74) is 0. The van der Waals surface area contributed by atoms with Gasteiger partial charge in [-0.2, -0.15) is 0 Å². The Hall–Kier alpha value is -0.0800. The topological polar surface area (TPSA) is 15.3 Å². The molecule has 0 aromatic rings. The Kier molecular flexibility index (Phi) is 4.04. The van der Waals surface area contributed by atoms with E-state index in [2.05, 4.69) is 24.2 Å². The molecule has 0 aromatic heterocycles. The van der Waals surface area contributed by atoms with Gasteiger partial charge in [0.1, 0.15) is 0 Å². The van der Waals surface area contributed by atoms with Crippen LogP contribution in [0.2, 0.25) is 0 Å². The molecule has 0 radical (unpaired) electrons. The number of rotatable bonds is 5. The fourth-order valence-corrected chi connectivity index (χ4v) is 2.98. The smallest absolute Gasteiger partial charge is 0.0246 e. The summed E-state index contributed by atoms with van der Waals surface area (Å²) >= 11 is 0. The van der Waals surface area contributed by atoms with Gasteiger partial charge in [-0.25, -0.2) is 0 Å². The molecule has 0 saturated heterocycles. The fourth-order valence-electron chi connectivity index (χ4n) is 2.98. The molecule has 2 aliphatic rings. The van der Waals surface area contributed by atoms with Gasteiger partial charge in [-0.15, -0.1) is 0 Å². The summed E-state index contributed by atoms with van der Waals surface area (Å²) in [5, 5.41) is 3.67. The Morgan fingerprint density at radius 3 is 2.53 bits per heavy atom. The number of nitrogens with one attached hydrogen (secondary N) is 1. The van der Waals surface area contributed by atoms with Crippen molar-refractivity contribution in [2.24, 2.45) is 5.92 Å². The van der Waals surface area contributed by atoms with Crippen LogP contribution >= 0.6 is 0 Å². The van der Waals surface area contributed by atoms with Crippen molar-refractivity contribution in [3.8, 4) is 0 Å². The van der Waals surface area contributed by atoms with E-state index in [0.29, 0.717) is 0 Å². The summed E-state index contributed by atoms with van der Waals surface area (Å²) in [4.78, 5) is 2.63. The van der Waals surface area contributed by atoms with Gasteiger partial charge in [-0.1, -0.05) is 19.8 Å². The van der Waals surface area contributed by atoms with Crippen LogP contribution in [0.15, 0.2) is 0 Å². The summed E-state index contributed by atoms with van der Waals surface area (Å²) in [6.07, 6.45) is 8.59. The van der Waals surface area contributed by atoms with Crippen molar-refractivity contribution in [2.75, 3.05) is 20.1 Å². The van der Waals surface area contributed by atoms with Crippen molar-refractivity contribution >= 4 is 0 Å². The van der Waals surface area contributed by atoms with Crippen molar-refractivity contribution in [1.29, 1.82) is 0 Å². The second-order valence-electron chi connectivity index (χ2n) is 5.40. The van der Waals surface area contributed by atoms with E-state index in [1.165, 1.54) is 45.1 Å². The van der Waals surface area contributed by atoms with E-state index in [1.807, 2.05) is 0 Å². The van der Waals surface area contributed by atoms with Crippen molar-refractivity contribution in [1.82, 2.24) is 10.2 Å². The highest BCUT2D eigenvalue weighted by Crippen LogP contribution is 2.31. The lowest BCUT2D eigenvalue weighted by Gasteiger charge is -2.38. The first-order valence-electron chi connectivity index (χ1n) is 6.75. The summed E-state index contributed by atoms with van der Waals surface area (Å²) in [6.45, 7) is 4.69. The van der Waals surface area contributed by atoms with Crippen molar-refractivity contribution in [2.45, 2.75) is 57.5 Å². The van der Waals surface area contributed by atoms with Crippen LogP contribution in [0.5, 0.6) is 0 Å². The number of likely N-dealkylation sites (N-methyl/N-ethyl adjacent to an activating group) is 2. The number of nitrogens with zero attached hydrogens (tertiary/aromatic N) is 1. The predicted molar refractivity (Wildman–Crippen MR) is 65.1 cm³/mol. The van der Waals surface area contributed by atoms with Crippen LogP contribution in [-0.2, 0) is 0 Å². The molecule has 0 aromatic carbocycles. The minimum absolute atomic E-state index is 0.757. The van der Waals surface area contributed by atoms with Gasteiger partial charge in [0.15, 0.2) is 0 Å². The van der Waals surface area contributed by atoms with Crippen LogP contribution in [0.4, 0.5) is 0 Å². The van der Waals surface area contributed by atoms with Crippen molar-refractivity contribution in [3.63, 3.8) is 0 Å². The van der Waals surface area contributed by atoms with Gasteiger partial charge in [0, 0.05) is 18.6 Å². The van der Waals surface area contributed by atoms with E-state index < -0.39 is 0 Å². The van der Waals surface area contributed by atoms with E-state index in [4.69, 9.17) is 0 Å². The average Bonchev–Trinajstić information content (AvgIpc) is 3.03. The maximum atomic E-state index is 3.67. The lowest BCUT2D eigenvalue weighted by atomic mass is 9.89. The van der Waals surface area contributed by atoms with Gasteiger partial charge in [0.2, 0.25) is 0 Å². The third kappa shape index (κ3) is 3.18. The Balaban J connectivity index is 1.84. The molecule has 2 aliphatic carbocycles. The van der Waals surface area contributed by atoms with Gasteiger partial charge in [-0.3, -0.25) is 0 Å². The summed E-state index contributed by atoms with van der Waals surface area (Å²) in [5.74, 6) is 1.03. The summed E-state index contributed by atoms with van der Waals surface area (Å²) in [7, 11) is 2.33. The maximum absolute atomic E-state index is 3.67. The molecule has 2 heteroatoms. The van der Waals surface area contributed by atoms with Crippen LogP contribution in [0.25, 0.3) is 0 Å². The normalized spacial score (nSPS) is 32.2. The second-order valence-corrected chi connectivity index (χ2v) is 5.40. The SMILES string of the molecule is CCNC1CCCCC1N(C)CC1CC1. The monoisotopic (exact) mass is 210 g/mol. The third-order valence-electron chi connectivity index (χ3n) is 4.01. The molecule has 0 spiro atoms. The largest absolute Gasteiger partial charge is 0.313 e. The molecule has 2 fully saturated rings. The highest BCUT2D eigenvalue weighted by Gasteiger charge is 2.31. The van der Waals surface area contributed by atoms with E-state index >= 15 is 0 Å². The van der Waals surface area contributed by atoms with Crippen LogP contribution in [0.3, 0.4) is 0 Å². The molecule has 0 aliphatic heterocycles. The lowest BCUT2D eigenvalue weighted by Crippen LogP contribution is -2.50. The highest BCUT2D eigenvalue weighted by molar-refractivity contribution is 4.89. The first-order chi connectivity index (χ1) is 7.31. The van der Waals surface area contributed by atoms with Gasteiger partial charge in [-0.05, 0) is 45.2 Å². The zero-order valence-corrected chi connectivity index (χ0v) is 10.3. The van der Waals surface area contributed by atoms with Gasteiger partial charge < -0.3 is 10.2 Å². The average molecular weight is 210 g/mol. The van der Waals surface area contributed by atoms with E-state index in [1.54, 1.807) is 0 Å². The minimum atomic E-state index is 0.757. The Labute approximate surface area is 94.4 Å². The minimum Gasteiger partial charge on any atom is -0.313 e. The summed E-state index contributed by atoms with van der Waals surface area (Å²) < 4.78 is 0. The van der Waals surface area contributed by atoms with Gasteiger partial charge in [0.25, 0.3) is 0 Å². The molecule has 88 valence electrons. The molecule has 1 N–H and O–H groups in total. The van der Waals surface area contributed by atoms with Crippen molar-refractivity contribution < 1.29 is 0 Å². The standard InChI is InChI=1S/C13H26N2/c1-3-14-12-6-4-5-7-13(12)15(2)10-11-8-9-11/h11-14H,3-10H2,1-2H3. The summed E-state index contributed by atoms with van der Waals surface area (Å²) in [6, 6.07) is 1.56. The van der Waals surface area contributed by atoms with Crippen LogP contribution in [0, 0.1) is 5.92 Å². The molecule has 2 rings (SSSR count). The zero-order chi connectivity index (χ0) is 10.7. The van der Waals surface area contributed by atoms with Crippen LogP contribution in [0.1, 0.15) is 45.4 Å². The third-order valence-corrected chi connectivity index (χ3v) is 4.01. The molecule has 0 heterocycles. The number of hydrogen-bond donors (Lipinski definition) is 1. The van der Waals surface area contributed by atoms with Crippen LogP contribution < -0.4 is 5.32 Å². The molecular weight excluding hydrogens is 184 g/mol. The molecule has 2 unspecified atom stereocenters. The first kappa shape index (κ1) is 11.4. The number of hydrogen-bond acceptors (Lipinski definition) is 2. The zero-order valence-electron chi connectivity index (χ0n) is 10.3. The van der Waals surface area contributed by atoms with Crippen molar-refractivity contribution in [3.05, 3.63) is 0 Å². The maximum Gasteiger partial charge on any atom is 0.0246 e. The fraction of sp³-hybridized carbons (Fsp3) is 1.00. The van der Waals surface area contributed by atoms with E-state index in [9.17, 15) is 0 Å². The highest BCUT2D eigenvalue weighted by atomic mass is 15.2. The molecule has 15 heavy (non-hydrogen) atoms. The molecule has 0 bridgehead atoms. The molecule has 2 saturated carbocycles. The molecule has 2 nitrogen and oxygen atoms in total. The lowest BCUT2D eigenvalue weighted by molar-refractivity contribution is 0.145. The molecular formula is C13H26N2. The van der Waals surface area contributed by atoms with Gasteiger partial charge in [0.05, 0.1) is 0 Å². The van der Waals surface area contributed by atoms with E-state index in [0.717, 1.165) is 24.5 Å². The van der Waals surface area contributed by atoms with Crippen LogP contribution in [-0.4, -0.2) is 37.1 Å². The second kappa shape index (κ2) is 5.31. The Morgan fingerprint density at radius 1 is 1.13 bits per heavy atom. The van der Waals surface area contributed by atoms with E-state index in [-0.39, 0.29) is 0 Å². The first-order valence-corrected chi connectivity index (χ1v) is 6.75. The predicted octanol–water partition coefficient (Wildman–Crippen LogP) is 2.25. The Bertz CT molecular complexity index is 187. The quantitative estimate of drug-likeness (QED) is 0.749. The van der Waals surface area contributed by atoms with Gasteiger partial charge >= 0.3 is 0 Å². The Morgan fingerprint density at radius 2 is 1.87 bits per heavy atom.